The van der Waals surface area contributed by atoms with Gasteiger partial charge in [0.2, 0.25) is 0 Å². The van der Waals surface area contributed by atoms with Gasteiger partial charge in [0.15, 0.2) is 11.5 Å². The van der Waals surface area contributed by atoms with E-state index in [1.807, 2.05) is 0 Å². The van der Waals surface area contributed by atoms with Crippen molar-refractivity contribution in [2.24, 2.45) is 5.92 Å². The van der Waals surface area contributed by atoms with Crippen LogP contribution in [0.4, 0.5) is 0 Å². The number of amides is 1. The lowest BCUT2D eigenvalue weighted by molar-refractivity contribution is 0.00568. The molecule has 1 amide bonds. The molecule has 1 aromatic rings. The zero-order valence-electron chi connectivity index (χ0n) is 16.7. The van der Waals surface area contributed by atoms with Crippen LogP contribution < -0.4 is 14.8 Å². The molecule has 0 unspecified atom stereocenters. The van der Waals surface area contributed by atoms with Gasteiger partial charge in [-0.3, -0.25) is 9.69 Å². The average Bonchev–Trinajstić information content (AvgIpc) is 2.99. The van der Waals surface area contributed by atoms with E-state index in [-0.39, 0.29) is 18.4 Å². The number of likely N-dealkylation sites (tertiary alicyclic amines) is 1. The highest BCUT2D eigenvalue weighted by atomic mass is 79.9. The lowest BCUT2D eigenvalue weighted by atomic mass is 9.93. The molecule has 2 heterocycles. The molecule has 2 atom stereocenters. The third-order valence-corrected chi connectivity index (χ3v) is 6.59. The number of nitrogens with zero attached hydrogens (tertiary/aromatic N) is 1. The number of nitrogens with one attached hydrogen (secondary N) is 1. The first-order valence-corrected chi connectivity index (χ1v) is 11.3. The molecule has 1 saturated heterocycles. The molecule has 1 aromatic carbocycles. The Morgan fingerprint density at radius 3 is 2.83 bits per heavy atom. The average molecular weight is 508 g/mol. The van der Waals surface area contributed by atoms with Crippen molar-refractivity contribution in [1.29, 1.82) is 0 Å². The van der Waals surface area contributed by atoms with Crippen molar-refractivity contribution in [2.45, 2.75) is 18.9 Å². The summed E-state index contributed by atoms with van der Waals surface area (Å²) in [5, 5.41) is 22.5. The van der Waals surface area contributed by atoms with Crippen LogP contribution in [-0.2, 0) is 4.74 Å². The summed E-state index contributed by atoms with van der Waals surface area (Å²) in [4.78, 5) is 15.0. The van der Waals surface area contributed by atoms with Gasteiger partial charge in [-0.05, 0) is 35.0 Å². The summed E-state index contributed by atoms with van der Waals surface area (Å²) in [6.45, 7) is 4.21. The summed E-state index contributed by atoms with van der Waals surface area (Å²) in [6.07, 6.45) is 0.942. The van der Waals surface area contributed by atoms with Crippen LogP contribution in [-0.4, -0.2) is 86.3 Å². The van der Waals surface area contributed by atoms with Gasteiger partial charge in [0.1, 0.15) is 0 Å². The first-order valence-electron chi connectivity index (χ1n) is 10.2. The SMILES string of the molecule is O=C(NC[C@@H]1CCN(CCOCCO)C[C@H]1O)c1cc(Cl)c(Br)c2c1OCCCO2. The molecule has 0 aliphatic carbocycles. The van der Waals surface area contributed by atoms with Gasteiger partial charge in [0, 0.05) is 32.0 Å². The molecule has 8 nitrogen and oxygen atoms in total. The van der Waals surface area contributed by atoms with Crippen LogP contribution in [0.5, 0.6) is 11.5 Å². The molecule has 0 saturated carbocycles. The first kappa shape index (κ1) is 23.6. The molecule has 3 N–H and O–H groups in total. The second-order valence-electron chi connectivity index (χ2n) is 7.39. The Bertz CT molecular complexity index is 738. The van der Waals surface area contributed by atoms with Crippen LogP contribution in [0.3, 0.4) is 0 Å². The van der Waals surface area contributed by atoms with Gasteiger partial charge in [-0.2, -0.15) is 0 Å². The third kappa shape index (κ3) is 5.99. The molecule has 168 valence electrons. The number of β-amino-alcohol motifs (C(OH)–C–C–N with tert-alkyl or cyclic N) is 1. The highest BCUT2D eigenvalue weighted by molar-refractivity contribution is 9.10. The summed E-state index contributed by atoms with van der Waals surface area (Å²) in [5.74, 6) is 0.491. The Morgan fingerprint density at radius 1 is 1.33 bits per heavy atom. The maximum absolute atomic E-state index is 12.9. The number of carbonyl (C=O) groups excluding carboxylic acids is 1. The molecule has 2 aliphatic rings. The number of aliphatic hydroxyl groups excluding tert-OH is 2. The lowest BCUT2D eigenvalue weighted by Gasteiger charge is -2.35. The molecule has 1 fully saturated rings. The second-order valence-corrected chi connectivity index (χ2v) is 8.59. The van der Waals surface area contributed by atoms with Gasteiger partial charge in [-0.1, -0.05) is 11.6 Å². The quantitative estimate of drug-likeness (QED) is 0.460. The van der Waals surface area contributed by atoms with E-state index in [1.54, 1.807) is 6.07 Å². The number of benzene rings is 1. The maximum atomic E-state index is 12.9. The number of ether oxygens (including phenoxy) is 3. The third-order valence-electron chi connectivity index (χ3n) is 5.27. The number of carbonyl (C=O) groups is 1. The Labute approximate surface area is 189 Å². The minimum Gasteiger partial charge on any atom is -0.489 e. The molecule has 0 spiro atoms. The topological polar surface area (TPSA) is 100 Å². The zero-order valence-corrected chi connectivity index (χ0v) is 19.1. The number of hydrogen-bond acceptors (Lipinski definition) is 7. The smallest absolute Gasteiger partial charge is 0.255 e. The fourth-order valence-electron chi connectivity index (χ4n) is 3.60. The molecule has 0 aromatic heterocycles. The normalized spacial score (nSPS) is 21.9. The molecule has 10 heteroatoms. The maximum Gasteiger partial charge on any atom is 0.255 e. The van der Waals surface area contributed by atoms with Crippen LogP contribution in [0.15, 0.2) is 10.5 Å². The number of piperidine rings is 1. The van der Waals surface area contributed by atoms with E-state index in [4.69, 9.17) is 30.9 Å². The molecule has 2 aliphatic heterocycles. The van der Waals surface area contributed by atoms with E-state index in [9.17, 15) is 9.90 Å². The minimum atomic E-state index is -0.540. The molecular weight excluding hydrogens is 480 g/mol. The van der Waals surface area contributed by atoms with E-state index in [0.29, 0.717) is 72.6 Å². The van der Waals surface area contributed by atoms with Gasteiger partial charge in [-0.15, -0.1) is 0 Å². The van der Waals surface area contributed by atoms with Crippen LogP contribution in [0.25, 0.3) is 0 Å². The van der Waals surface area contributed by atoms with E-state index >= 15 is 0 Å². The predicted molar refractivity (Wildman–Crippen MR) is 116 cm³/mol. The van der Waals surface area contributed by atoms with Gasteiger partial charge in [0.25, 0.3) is 5.91 Å². The molecular formula is C20H28BrClN2O6. The summed E-state index contributed by atoms with van der Waals surface area (Å²) >= 11 is 9.66. The first-order chi connectivity index (χ1) is 14.5. The Hall–Kier alpha value is -1.10. The number of rotatable bonds is 8. The fourth-order valence-corrected chi connectivity index (χ4v) is 4.20. The van der Waals surface area contributed by atoms with E-state index in [2.05, 4.69) is 26.1 Å². The Balaban J connectivity index is 1.56. The van der Waals surface area contributed by atoms with Crippen molar-refractivity contribution < 1.29 is 29.2 Å². The van der Waals surface area contributed by atoms with Gasteiger partial charge >= 0.3 is 0 Å². The highest BCUT2D eigenvalue weighted by Gasteiger charge is 2.29. The van der Waals surface area contributed by atoms with E-state index in [0.717, 1.165) is 19.4 Å². The van der Waals surface area contributed by atoms with Gasteiger partial charge in [-0.25, -0.2) is 0 Å². The second kappa shape index (κ2) is 11.5. The van der Waals surface area contributed by atoms with Crippen molar-refractivity contribution in [3.63, 3.8) is 0 Å². The Morgan fingerprint density at radius 2 is 2.10 bits per heavy atom. The summed E-state index contributed by atoms with van der Waals surface area (Å²) in [6, 6.07) is 1.57. The van der Waals surface area contributed by atoms with Gasteiger partial charge < -0.3 is 29.7 Å². The number of fused-ring (bicyclic) bond motifs is 1. The number of halogens is 2. The van der Waals surface area contributed by atoms with E-state index < -0.39 is 6.10 Å². The minimum absolute atomic E-state index is 0.00828. The van der Waals surface area contributed by atoms with Gasteiger partial charge in [0.05, 0.1) is 54.2 Å². The largest absolute Gasteiger partial charge is 0.489 e. The molecule has 30 heavy (non-hydrogen) atoms. The van der Waals surface area contributed by atoms with Crippen molar-refractivity contribution in [3.8, 4) is 11.5 Å². The molecule has 3 rings (SSSR count). The Kier molecular flexibility index (Phi) is 9.03. The van der Waals surface area contributed by atoms with Crippen LogP contribution >= 0.6 is 27.5 Å². The van der Waals surface area contributed by atoms with Crippen molar-refractivity contribution in [1.82, 2.24) is 10.2 Å². The van der Waals surface area contributed by atoms with Crippen LogP contribution in [0, 0.1) is 5.92 Å². The van der Waals surface area contributed by atoms with Crippen LogP contribution in [0.2, 0.25) is 5.02 Å². The fraction of sp³-hybridized carbons (Fsp3) is 0.650. The number of hydrogen-bond donors (Lipinski definition) is 3. The highest BCUT2D eigenvalue weighted by Crippen LogP contribution is 2.44. The molecule has 0 radical (unpaired) electrons. The standard InChI is InChI=1S/C20H28BrClN2O6/c21-17-15(22)10-14(18-19(17)30-7-1-6-29-18)20(27)23-11-13-2-3-24(12-16(13)26)4-8-28-9-5-25/h10,13,16,25-26H,1-9,11-12H2,(H,23,27)/t13-,16+/m0/s1. The van der Waals surface area contributed by atoms with E-state index in [1.165, 1.54) is 0 Å². The predicted octanol–water partition coefficient (Wildman–Crippen LogP) is 1.69. The summed E-state index contributed by atoms with van der Waals surface area (Å²) < 4.78 is 17.3. The monoisotopic (exact) mass is 506 g/mol. The lowest BCUT2D eigenvalue weighted by Crippen LogP contribution is -2.48. The van der Waals surface area contributed by atoms with Crippen molar-refractivity contribution >= 4 is 33.4 Å². The van der Waals surface area contributed by atoms with Crippen LogP contribution in [0.1, 0.15) is 23.2 Å². The number of aliphatic hydroxyl groups is 2. The summed E-state index contributed by atoms with van der Waals surface area (Å²) in [5.41, 5.74) is 0.327. The van der Waals surface area contributed by atoms with Crippen molar-refractivity contribution in [2.75, 3.05) is 59.2 Å². The van der Waals surface area contributed by atoms with Crippen molar-refractivity contribution in [3.05, 3.63) is 21.1 Å². The zero-order chi connectivity index (χ0) is 21.5. The molecule has 0 bridgehead atoms. The summed E-state index contributed by atoms with van der Waals surface area (Å²) in [7, 11) is 0.